The Morgan fingerprint density at radius 3 is 2.90 bits per heavy atom. The summed E-state index contributed by atoms with van der Waals surface area (Å²) in [5.41, 5.74) is 0.162. The number of hydrogen-bond donors (Lipinski definition) is 1. The fraction of sp³-hybridized carbons (Fsp3) is 0.222. The lowest BCUT2D eigenvalue weighted by atomic mass is 9.99. The van der Waals surface area contributed by atoms with Crippen LogP contribution in [-0.4, -0.2) is 41.9 Å². The summed E-state index contributed by atoms with van der Waals surface area (Å²) in [6, 6.07) is 3.23. The van der Waals surface area contributed by atoms with Crippen LogP contribution in [0.2, 0.25) is 0 Å². The van der Waals surface area contributed by atoms with Gasteiger partial charge < -0.3 is 14.3 Å². The quantitative estimate of drug-likeness (QED) is 0.504. The molecule has 0 aromatic carbocycles. The third-order valence-corrected chi connectivity index (χ3v) is 4.97. The third kappa shape index (κ3) is 2.75. The minimum Gasteiger partial charge on any atom is -0.438 e. The van der Waals surface area contributed by atoms with Crippen LogP contribution in [0.4, 0.5) is 17.6 Å². The zero-order valence-corrected chi connectivity index (χ0v) is 15.0. The highest BCUT2D eigenvalue weighted by molar-refractivity contribution is 5.93. The molecule has 5 rings (SSSR count). The monoisotopic (exact) mass is 420 g/mol. The van der Waals surface area contributed by atoms with Crippen LogP contribution < -0.4 is 0 Å². The van der Waals surface area contributed by atoms with E-state index in [2.05, 4.69) is 20.1 Å². The van der Waals surface area contributed by atoms with Crippen molar-refractivity contribution in [3.63, 3.8) is 0 Å². The minimum absolute atomic E-state index is 0.0764. The highest BCUT2D eigenvalue weighted by atomic mass is 19.4. The fourth-order valence-electron chi connectivity index (χ4n) is 3.66. The Kier molecular flexibility index (Phi) is 3.91. The van der Waals surface area contributed by atoms with E-state index in [9.17, 15) is 22.4 Å². The van der Waals surface area contributed by atoms with Crippen molar-refractivity contribution < 1.29 is 26.8 Å². The van der Waals surface area contributed by atoms with Crippen molar-refractivity contribution in [3.05, 3.63) is 71.5 Å². The molecule has 8 nitrogen and oxygen atoms in total. The lowest BCUT2D eigenvalue weighted by Crippen LogP contribution is -2.41. The van der Waals surface area contributed by atoms with Gasteiger partial charge in [-0.15, -0.1) is 0 Å². The van der Waals surface area contributed by atoms with Gasteiger partial charge in [-0.2, -0.15) is 18.3 Å². The molecule has 4 aromatic rings. The van der Waals surface area contributed by atoms with Crippen LogP contribution in [0.15, 0.2) is 41.5 Å². The first kappa shape index (κ1) is 18.3. The smallest absolute Gasteiger partial charge is 0.437 e. The molecule has 30 heavy (non-hydrogen) atoms. The highest BCUT2D eigenvalue weighted by Gasteiger charge is 2.44. The van der Waals surface area contributed by atoms with Gasteiger partial charge in [0.25, 0.3) is 5.91 Å². The largest absolute Gasteiger partial charge is 0.438 e. The molecule has 0 fully saturated rings. The first-order chi connectivity index (χ1) is 14.3. The normalized spacial score (nSPS) is 16.8. The number of H-pyrrole nitrogens is 1. The van der Waals surface area contributed by atoms with E-state index in [0.717, 1.165) is 5.69 Å². The molecule has 154 valence electrons. The van der Waals surface area contributed by atoms with Crippen LogP contribution in [0.25, 0.3) is 5.52 Å². The number of hydrogen-bond acceptors (Lipinski definition) is 5. The molecule has 5 heterocycles. The number of nitrogens with one attached hydrogen (secondary N) is 1. The second-order valence-corrected chi connectivity index (χ2v) is 6.70. The van der Waals surface area contributed by atoms with Gasteiger partial charge in [0.05, 0.1) is 17.7 Å². The van der Waals surface area contributed by atoms with Gasteiger partial charge in [-0.25, -0.2) is 18.9 Å². The number of aromatic amines is 1. The lowest BCUT2D eigenvalue weighted by molar-refractivity contribution is -0.141. The van der Waals surface area contributed by atoms with E-state index in [1.165, 1.54) is 40.1 Å². The summed E-state index contributed by atoms with van der Waals surface area (Å²) in [5, 5.41) is 4.32. The van der Waals surface area contributed by atoms with Crippen molar-refractivity contribution in [1.82, 2.24) is 29.5 Å². The van der Waals surface area contributed by atoms with Crippen LogP contribution in [0.1, 0.15) is 39.4 Å². The molecule has 1 aliphatic rings. The molecular formula is C18H12F4N6O2. The Morgan fingerprint density at radius 1 is 1.30 bits per heavy atom. The summed E-state index contributed by atoms with van der Waals surface area (Å²) in [7, 11) is 0. The second kappa shape index (κ2) is 6.40. The van der Waals surface area contributed by atoms with E-state index in [1.807, 2.05) is 0 Å². The maximum absolute atomic E-state index is 14.2. The average molecular weight is 420 g/mol. The Hall–Kier alpha value is -3.70. The molecule has 0 saturated heterocycles. The van der Waals surface area contributed by atoms with E-state index in [4.69, 9.17) is 4.42 Å². The fourth-order valence-corrected chi connectivity index (χ4v) is 3.66. The number of pyridine rings is 1. The standard InChI is InChI=1S/C18H12F4N6O2/c19-9-2-1-4-28-12(9)6-11(26-28)14-13-10(23-7-24-13)3-5-27(14)17(29)15-16(18(20,21)22)25-8-30-15/h1-2,4,6-8,14H,3,5H2,(H,23,24)/t14-/m1/s1. The minimum atomic E-state index is -4.85. The summed E-state index contributed by atoms with van der Waals surface area (Å²) < 4.78 is 60.0. The van der Waals surface area contributed by atoms with Gasteiger partial charge in [-0.1, -0.05) is 0 Å². The molecule has 12 heteroatoms. The van der Waals surface area contributed by atoms with Gasteiger partial charge in [-0.05, 0) is 18.2 Å². The molecule has 0 unspecified atom stereocenters. The molecule has 1 amide bonds. The van der Waals surface area contributed by atoms with Crippen LogP contribution >= 0.6 is 0 Å². The highest BCUT2D eigenvalue weighted by Crippen LogP contribution is 2.37. The van der Waals surface area contributed by atoms with Gasteiger partial charge in [0.1, 0.15) is 17.4 Å². The number of carbonyl (C=O) groups is 1. The molecule has 1 aliphatic heterocycles. The summed E-state index contributed by atoms with van der Waals surface area (Å²) >= 11 is 0. The zero-order chi connectivity index (χ0) is 21.0. The number of halogens is 4. The maximum Gasteiger partial charge on any atom is 0.437 e. The van der Waals surface area contributed by atoms with Crippen molar-refractivity contribution in [1.29, 1.82) is 0 Å². The summed E-state index contributed by atoms with van der Waals surface area (Å²) in [5.74, 6) is -2.45. The lowest BCUT2D eigenvalue weighted by Gasteiger charge is -2.33. The van der Waals surface area contributed by atoms with Gasteiger partial charge in [0.15, 0.2) is 12.1 Å². The van der Waals surface area contributed by atoms with E-state index in [0.29, 0.717) is 18.5 Å². The van der Waals surface area contributed by atoms with Crippen molar-refractivity contribution in [2.75, 3.05) is 6.54 Å². The van der Waals surface area contributed by atoms with Crippen molar-refractivity contribution in [2.45, 2.75) is 18.6 Å². The Morgan fingerprint density at radius 2 is 2.13 bits per heavy atom. The summed E-state index contributed by atoms with van der Waals surface area (Å²) in [6.07, 6.45) is -0.977. The van der Waals surface area contributed by atoms with Crippen molar-refractivity contribution >= 4 is 11.4 Å². The van der Waals surface area contributed by atoms with Crippen LogP contribution in [0.5, 0.6) is 0 Å². The number of carbonyl (C=O) groups excluding carboxylic acids is 1. The third-order valence-electron chi connectivity index (χ3n) is 4.97. The van der Waals surface area contributed by atoms with Crippen LogP contribution in [-0.2, 0) is 12.6 Å². The molecule has 0 spiro atoms. The molecule has 1 atom stereocenters. The number of amides is 1. The molecule has 0 radical (unpaired) electrons. The van der Waals surface area contributed by atoms with Crippen LogP contribution in [0, 0.1) is 5.82 Å². The molecule has 4 aromatic heterocycles. The zero-order valence-electron chi connectivity index (χ0n) is 15.0. The van der Waals surface area contributed by atoms with E-state index >= 15 is 0 Å². The number of rotatable bonds is 2. The molecular weight excluding hydrogens is 408 g/mol. The van der Waals surface area contributed by atoms with Gasteiger partial charge in [-0.3, -0.25) is 4.79 Å². The first-order valence-electron chi connectivity index (χ1n) is 8.82. The Bertz CT molecular complexity index is 1260. The number of nitrogens with zero attached hydrogens (tertiary/aromatic N) is 5. The SMILES string of the molecule is O=C(c1ocnc1C(F)(F)F)N1CCc2[nH]cnc2[C@H]1c1cc2c(F)cccn2n1. The molecule has 0 saturated carbocycles. The van der Waals surface area contributed by atoms with Gasteiger partial charge in [0, 0.05) is 24.9 Å². The van der Waals surface area contributed by atoms with Gasteiger partial charge >= 0.3 is 6.18 Å². The summed E-state index contributed by atoms with van der Waals surface area (Å²) in [6.45, 7) is 0.0764. The number of fused-ring (bicyclic) bond motifs is 2. The summed E-state index contributed by atoms with van der Waals surface area (Å²) in [4.78, 5) is 24.6. The predicted molar refractivity (Wildman–Crippen MR) is 91.8 cm³/mol. The Labute approximate surface area is 165 Å². The number of imidazole rings is 1. The second-order valence-electron chi connectivity index (χ2n) is 6.70. The number of aromatic nitrogens is 5. The van der Waals surface area contributed by atoms with Crippen LogP contribution in [0.3, 0.4) is 0 Å². The Balaban J connectivity index is 1.63. The average Bonchev–Trinajstić information content (AvgIpc) is 3.44. The van der Waals surface area contributed by atoms with E-state index < -0.39 is 35.4 Å². The number of alkyl halides is 3. The molecule has 1 N–H and O–H groups in total. The van der Waals surface area contributed by atoms with E-state index in [-0.39, 0.29) is 17.8 Å². The number of oxazole rings is 1. The van der Waals surface area contributed by atoms with Crippen molar-refractivity contribution in [2.24, 2.45) is 0 Å². The molecule has 0 bridgehead atoms. The van der Waals surface area contributed by atoms with Gasteiger partial charge in [0.2, 0.25) is 5.76 Å². The van der Waals surface area contributed by atoms with Crippen molar-refractivity contribution in [3.8, 4) is 0 Å². The maximum atomic E-state index is 14.2. The topological polar surface area (TPSA) is 92.3 Å². The van der Waals surface area contributed by atoms with E-state index in [1.54, 1.807) is 0 Å². The first-order valence-corrected chi connectivity index (χ1v) is 8.82. The predicted octanol–water partition coefficient (Wildman–Crippen LogP) is 2.99. The molecule has 0 aliphatic carbocycles.